The van der Waals surface area contributed by atoms with Gasteiger partial charge >= 0.3 is 0 Å². The normalized spacial score (nSPS) is 15.2. The van der Waals surface area contributed by atoms with E-state index in [1.54, 1.807) is 0 Å². The first-order valence-corrected chi connectivity index (χ1v) is 10.1. The van der Waals surface area contributed by atoms with E-state index in [-0.39, 0.29) is 24.3 Å². The lowest BCUT2D eigenvalue weighted by Gasteiger charge is -2.36. The Bertz CT molecular complexity index is 787. The molecule has 1 fully saturated rings. The number of carbonyl (C=O) groups excluding carboxylic acids is 2. The summed E-state index contributed by atoms with van der Waals surface area (Å²) in [5, 5.41) is 3.54. The number of hydrogen-bond acceptors (Lipinski definition) is 3. The summed E-state index contributed by atoms with van der Waals surface area (Å²) < 4.78 is 0. The summed E-state index contributed by atoms with van der Waals surface area (Å²) >= 11 is 5.94. The van der Waals surface area contributed by atoms with Gasteiger partial charge in [-0.15, -0.1) is 0 Å². The smallest absolute Gasteiger partial charge is 0.242 e. The zero-order valence-electron chi connectivity index (χ0n) is 16.1. The van der Waals surface area contributed by atoms with Gasteiger partial charge in [0.2, 0.25) is 11.8 Å². The zero-order valence-corrected chi connectivity index (χ0v) is 16.9. The van der Waals surface area contributed by atoms with E-state index >= 15 is 0 Å². The number of carbonyl (C=O) groups is 2. The van der Waals surface area contributed by atoms with Gasteiger partial charge in [-0.3, -0.25) is 9.59 Å². The summed E-state index contributed by atoms with van der Waals surface area (Å²) in [6.07, 6.45) is 0.698. The second kappa shape index (κ2) is 9.60. The maximum absolute atomic E-state index is 12.5. The van der Waals surface area contributed by atoms with Crippen molar-refractivity contribution in [2.24, 2.45) is 0 Å². The minimum atomic E-state index is -0.226. The molecule has 0 spiro atoms. The Labute approximate surface area is 171 Å². The number of halogens is 1. The van der Waals surface area contributed by atoms with Crippen LogP contribution in [-0.4, -0.2) is 49.4 Å². The molecule has 0 aliphatic carbocycles. The van der Waals surface area contributed by atoms with Gasteiger partial charge in [0.25, 0.3) is 0 Å². The first-order chi connectivity index (χ1) is 13.6. The van der Waals surface area contributed by atoms with Gasteiger partial charge in [-0.1, -0.05) is 48.9 Å². The molecule has 1 N–H and O–H groups in total. The maximum atomic E-state index is 12.5. The molecule has 3 rings (SSSR count). The van der Waals surface area contributed by atoms with Gasteiger partial charge < -0.3 is 15.1 Å². The number of benzene rings is 2. The SMILES string of the molecule is CCC(C(=O)NCC(=O)N1CCN(c2ccc(Cl)cc2)CC1)c1ccccc1. The number of anilines is 1. The molecule has 0 aromatic heterocycles. The molecule has 2 amide bonds. The maximum Gasteiger partial charge on any atom is 0.242 e. The molecule has 2 aromatic rings. The summed E-state index contributed by atoms with van der Waals surface area (Å²) in [5.41, 5.74) is 2.09. The summed E-state index contributed by atoms with van der Waals surface area (Å²) in [4.78, 5) is 29.1. The Morgan fingerprint density at radius 1 is 1.00 bits per heavy atom. The molecule has 1 aliphatic rings. The van der Waals surface area contributed by atoms with Crippen LogP contribution in [0.25, 0.3) is 0 Å². The predicted molar refractivity (Wildman–Crippen MR) is 113 cm³/mol. The van der Waals surface area contributed by atoms with Gasteiger partial charge in [0.1, 0.15) is 0 Å². The molecule has 1 unspecified atom stereocenters. The van der Waals surface area contributed by atoms with E-state index in [2.05, 4.69) is 10.2 Å². The molecule has 28 heavy (non-hydrogen) atoms. The van der Waals surface area contributed by atoms with E-state index < -0.39 is 0 Å². The van der Waals surface area contributed by atoms with Crippen molar-refractivity contribution in [3.05, 3.63) is 65.2 Å². The Morgan fingerprint density at radius 2 is 1.64 bits per heavy atom. The molecule has 1 heterocycles. The van der Waals surface area contributed by atoms with Crippen molar-refractivity contribution in [1.29, 1.82) is 0 Å². The van der Waals surface area contributed by atoms with Crippen LogP contribution in [0.5, 0.6) is 0 Å². The van der Waals surface area contributed by atoms with Crippen molar-refractivity contribution >= 4 is 29.1 Å². The van der Waals surface area contributed by atoms with Crippen molar-refractivity contribution in [2.75, 3.05) is 37.6 Å². The van der Waals surface area contributed by atoms with Crippen molar-refractivity contribution in [3.8, 4) is 0 Å². The number of nitrogens with zero attached hydrogens (tertiary/aromatic N) is 2. The molecular weight excluding hydrogens is 374 g/mol. The Morgan fingerprint density at radius 3 is 2.25 bits per heavy atom. The van der Waals surface area contributed by atoms with E-state index in [0.717, 1.165) is 24.3 Å². The second-order valence-corrected chi connectivity index (χ2v) is 7.37. The molecule has 0 saturated carbocycles. The second-order valence-electron chi connectivity index (χ2n) is 6.93. The third-order valence-electron chi connectivity index (χ3n) is 5.16. The first-order valence-electron chi connectivity index (χ1n) is 9.69. The highest BCUT2D eigenvalue weighted by Crippen LogP contribution is 2.20. The van der Waals surface area contributed by atoms with Crippen LogP contribution in [0.2, 0.25) is 5.02 Å². The van der Waals surface area contributed by atoms with Crippen LogP contribution >= 0.6 is 11.6 Å². The van der Waals surface area contributed by atoms with Gasteiger partial charge in [0.15, 0.2) is 0 Å². The lowest BCUT2D eigenvalue weighted by atomic mass is 9.96. The molecule has 0 radical (unpaired) electrons. The van der Waals surface area contributed by atoms with Gasteiger partial charge in [0, 0.05) is 36.9 Å². The summed E-state index contributed by atoms with van der Waals surface area (Å²) in [7, 11) is 0. The monoisotopic (exact) mass is 399 g/mol. The average molecular weight is 400 g/mol. The molecule has 6 heteroatoms. The van der Waals surface area contributed by atoms with Gasteiger partial charge in [-0.05, 0) is 36.2 Å². The quantitative estimate of drug-likeness (QED) is 0.810. The number of rotatable bonds is 6. The summed E-state index contributed by atoms with van der Waals surface area (Å²) in [6, 6.07) is 17.4. The van der Waals surface area contributed by atoms with Crippen LogP contribution in [0.15, 0.2) is 54.6 Å². The minimum absolute atomic E-state index is 0.0352. The van der Waals surface area contributed by atoms with Crippen molar-refractivity contribution in [1.82, 2.24) is 10.2 Å². The Balaban J connectivity index is 1.48. The molecule has 1 saturated heterocycles. The Kier molecular flexibility index (Phi) is 6.93. The van der Waals surface area contributed by atoms with E-state index in [0.29, 0.717) is 24.5 Å². The minimum Gasteiger partial charge on any atom is -0.368 e. The van der Waals surface area contributed by atoms with E-state index in [9.17, 15) is 9.59 Å². The lowest BCUT2D eigenvalue weighted by Crippen LogP contribution is -2.51. The van der Waals surface area contributed by atoms with Crippen LogP contribution in [0.1, 0.15) is 24.8 Å². The average Bonchev–Trinajstić information content (AvgIpc) is 2.74. The lowest BCUT2D eigenvalue weighted by molar-refractivity contribution is -0.133. The molecule has 2 aromatic carbocycles. The van der Waals surface area contributed by atoms with Crippen LogP contribution in [0.3, 0.4) is 0 Å². The third kappa shape index (κ3) is 5.04. The summed E-state index contributed by atoms with van der Waals surface area (Å²) in [5.74, 6) is -0.357. The molecule has 148 valence electrons. The molecular formula is C22H26ClN3O2. The van der Waals surface area contributed by atoms with Crippen molar-refractivity contribution < 1.29 is 9.59 Å². The van der Waals surface area contributed by atoms with Crippen LogP contribution < -0.4 is 10.2 Å². The fourth-order valence-corrected chi connectivity index (χ4v) is 3.65. The van der Waals surface area contributed by atoms with Crippen molar-refractivity contribution in [3.63, 3.8) is 0 Å². The zero-order chi connectivity index (χ0) is 19.9. The van der Waals surface area contributed by atoms with Crippen LogP contribution in [0.4, 0.5) is 5.69 Å². The highest BCUT2D eigenvalue weighted by Gasteiger charge is 2.23. The molecule has 1 atom stereocenters. The standard InChI is InChI=1S/C22H26ClN3O2/c1-2-20(17-6-4-3-5-7-17)22(28)24-16-21(27)26-14-12-25(13-15-26)19-10-8-18(23)9-11-19/h3-11,20H,2,12-16H2,1H3,(H,24,28). The third-order valence-corrected chi connectivity index (χ3v) is 5.42. The first kappa shape index (κ1) is 20.2. The van der Waals surface area contributed by atoms with Gasteiger partial charge in [-0.25, -0.2) is 0 Å². The molecule has 5 nitrogen and oxygen atoms in total. The van der Waals surface area contributed by atoms with Gasteiger partial charge in [-0.2, -0.15) is 0 Å². The fraction of sp³-hybridized carbons (Fsp3) is 0.364. The van der Waals surface area contributed by atoms with E-state index in [1.807, 2.05) is 66.4 Å². The van der Waals surface area contributed by atoms with Crippen LogP contribution in [-0.2, 0) is 9.59 Å². The molecule has 1 aliphatic heterocycles. The topological polar surface area (TPSA) is 52.7 Å². The number of amides is 2. The fourth-order valence-electron chi connectivity index (χ4n) is 3.52. The van der Waals surface area contributed by atoms with E-state index in [1.165, 1.54) is 0 Å². The number of nitrogens with one attached hydrogen (secondary N) is 1. The number of hydrogen-bond donors (Lipinski definition) is 1. The number of piperazine rings is 1. The largest absolute Gasteiger partial charge is 0.368 e. The molecule has 0 bridgehead atoms. The van der Waals surface area contributed by atoms with E-state index in [4.69, 9.17) is 11.6 Å². The van der Waals surface area contributed by atoms with Gasteiger partial charge in [0.05, 0.1) is 12.5 Å². The van der Waals surface area contributed by atoms with Crippen molar-refractivity contribution in [2.45, 2.75) is 19.3 Å². The summed E-state index contributed by atoms with van der Waals surface area (Å²) in [6.45, 7) is 4.85. The predicted octanol–water partition coefficient (Wildman–Crippen LogP) is 3.30. The highest BCUT2D eigenvalue weighted by atomic mass is 35.5. The van der Waals surface area contributed by atoms with Crippen LogP contribution in [0, 0.1) is 0 Å². The Hall–Kier alpha value is -2.53. The highest BCUT2D eigenvalue weighted by molar-refractivity contribution is 6.30.